The molecule has 0 radical (unpaired) electrons. The number of methoxy groups -OCH3 is 2. The highest BCUT2D eigenvalue weighted by molar-refractivity contribution is 5.85. The molecule has 0 bridgehead atoms. The zero-order valence-electron chi connectivity index (χ0n) is 12.6. The van der Waals surface area contributed by atoms with Crippen molar-refractivity contribution in [1.82, 2.24) is 25.0 Å². The minimum Gasteiger partial charge on any atom is -0.497 e. The lowest BCUT2D eigenvalue weighted by atomic mass is 10.2. The summed E-state index contributed by atoms with van der Waals surface area (Å²) in [5.41, 5.74) is 2.02. The smallest absolute Gasteiger partial charge is 0.183 e. The van der Waals surface area contributed by atoms with Gasteiger partial charge in [0.1, 0.15) is 17.8 Å². The molecular weight excluding hydrogens is 284 g/mol. The Balaban J connectivity index is 2.05. The van der Waals surface area contributed by atoms with Crippen molar-refractivity contribution in [2.24, 2.45) is 0 Å². The molecule has 2 heterocycles. The standard InChI is InChI=1S/C14H16N6O2/c1-4-20-14-12(18-19-20)13(15-8-16-14)17-10-7-9(21-2)5-6-11(10)22-3/h5-8H,4H2,1-3H3,(H,15,16,17). The van der Waals surface area contributed by atoms with Gasteiger partial charge in [-0.25, -0.2) is 14.6 Å². The van der Waals surface area contributed by atoms with Crippen molar-refractivity contribution >= 4 is 22.7 Å². The van der Waals surface area contributed by atoms with Crippen molar-refractivity contribution in [3.8, 4) is 11.5 Å². The molecule has 1 N–H and O–H groups in total. The third kappa shape index (κ3) is 2.39. The van der Waals surface area contributed by atoms with Crippen LogP contribution < -0.4 is 14.8 Å². The molecule has 3 aromatic rings. The second-order valence-electron chi connectivity index (χ2n) is 4.49. The number of hydrogen-bond donors (Lipinski definition) is 1. The SMILES string of the molecule is CCn1nnc2c(Nc3cc(OC)ccc3OC)ncnc21. The summed E-state index contributed by atoms with van der Waals surface area (Å²) in [6, 6.07) is 5.48. The second-order valence-corrected chi connectivity index (χ2v) is 4.49. The number of hydrogen-bond acceptors (Lipinski definition) is 7. The summed E-state index contributed by atoms with van der Waals surface area (Å²) < 4.78 is 12.3. The summed E-state index contributed by atoms with van der Waals surface area (Å²) in [5.74, 6) is 1.96. The summed E-state index contributed by atoms with van der Waals surface area (Å²) >= 11 is 0. The first-order chi connectivity index (χ1) is 10.8. The van der Waals surface area contributed by atoms with Gasteiger partial charge in [-0.1, -0.05) is 5.21 Å². The molecule has 3 rings (SSSR count). The quantitative estimate of drug-likeness (QED) is 0.771. The normalized spacial score (nSPS) is 10.7. The first kappa shape index (κ1) is 14.1. The van der Waals surface area contributed by atoms with Gasteiger partial charge in [0.15, 0.2) is 17.0 Å². The number of anilines is 2. The predicted molar refractivity (Wildman–Crippen MR) is 81.6 cm³/mol. The summed E-state index contributed by atoms with van der Waals surface area (Å²) in [7, 11) is 3.22. The topological polar surface area (TPSA) is 87.0 Å². The lowest BCUT2D eigenvalue weighted by Crippen LogP contribution is -2.00. The summed E-state index contributed by atoms with van der Waals surface area (Å²) in [5, 5.41) is 11.4. The number of rotatable bonds is 5. The van der Waals surface area contributed by atoms with E-state index >= 15 is 0 Å². The average Bonchev–Trinajstić information content (AvgIpc) is 2.99. The first-order valence-corrected chi connectivity index (χ1v) is 6.80. The maximum atomic E-state index is 5.35. The lowest BCUT2D eigenvalue weighted by Gasteiger charge is -2.12. The Morgan fingerprint density at radius 3 is 2.77 bits per heavy atom. The van der Waals surface area contributed by atoms with E-state index in [1.165, 1.54) is 6.33 Å². The zero-order valence-corrected chi connectivity index (χ0v) is 12.6. The van der Waals surface area contributed by atoms with E-state index in [1.54, 1.807) is 18.9 Å². The molecule has 0 amide bonds. The Morgan fingerprint density at radius 1 is 1.18 bits per heavy atom. The number of nitrogens with one attached hydrogen (secondary N) is 1. The molecule has 0 saturated heterocycles. The van der Waals surface area contributed by atoms with E-state index in [-0.39, 0.29) is 0 Å². The van der Waals surface area contributed by atoms with Crippen LogP contribution in [0.1, 0.15) is 6.92 Å². The molecule has 2 aromatic heterocycles. The van der Waals surface area contributed by atoms with Crippen LogP contribution in [0.3, 0.4) is 0 Å². The van der Waals surface area contributed by atoms with Crippen LogP contribution >= 0.6 is 0 Å². The molecule has 8 heteroatoms. The molecule has 0 aliphatic carbocycles. The van der Waals surface area contributed by atoms with Crippen LogP contribution in [0, 0.1) is 0 Å². The van der Waals surface area contributed by atoms with Crippen LogP contribution in [-0.2, 0) is 6.54 Å². The van der Waals surface area contributed by atoms with E-state index in [0.717, 1.165) is 5.69 Å². The molecule has 0 fully saturated rings. The Morgan fingerprint density at radius 2 is 2.05 bits per heavy atom. The number of fused-ring (bicyclic) bond motifs is 1. The third-order valence-electron chi connectivity index (χ3n) is 3.26. The maximum absolute atomic E-state index is 5.35. The fraction of sp³-hybridized carbons (Fsp3) is 0.286. The van der Waals surface area contributed by atoms with Gasteiger partial charge in [0.25, 0.3) is 0 Å². The summed E-state index contributed by atoms with van der Waals surface area (Å²) in [6.07, 6.45) is 1.48. The van der Waals surface area contributed by atoms with Gasteiger partial charge in [-0.2, -0.15) is 0 Å². The van der Waals surface area contributed by atoms with Crippen LogP contribution in [0.25, 0.3) is 11.2 Å². The molecule has 0 aliphatic heterocycles. The number of aryl methyl sites for hydroxylation is 1. The predicted octanol–water partition coefficient (Wildman–Crippen LogP) is 2.00. The van der Waals surface area contributed by atoms with Gasteiger partial charge in [0.2, 0.25) is 0 Å². The van der Waals surface area contributed by atoms with Crippen molar-refractivity contribution in [3.63, 3.8) is 0 Å². The number of nitrogens with zero attached hydrogens (tertiary/aromatic N) is 5. The third-order valence-corrected chi connectivity index (χ3v) is 3.26. The Bertz CT molecular complexity index is 801. The van der Waals surface area contributed by atoms with Gasteiger partial charge < -0.3 is 14.8 Å². The van der Waals surface area contributed by atoms with Gasteiger partial charge in [0, 0.05) is 12.6 Å². The largest absolute Gasteiger partial charge is 0.497 e. The van der Waals surface area contributed by atoms with Crippen LogP contribution in [0.2, 0.25) is 0 Å². The number of benzene rings is 1. The molecule has 8 nitrogen and oxygen atoms in total. The van der Waals surface area contributed by atoms with Crippen LogP contribution in [0.5, 0.6) is 11.5 Å². The van der Waals surface area contributed by atoms with Gasteiger partial charge in [-0.15, -0.1) is 5.10 Å². The highest BCUT2D eigenvalue weighted by Crippen LogP contribution is 2.32. The first-order valence-electron chi connectivity index (χ1n) is 6.80. The number of ether oxygens (including phenoxy) is 2. The van der Waals surface area contributed by atoms with E-state index in [9.17, 15) is 0 Å². The average molecular weight is 300 g/mol. The summed E-state index contributed by atoms with van der Waals surface area (Å²) in [6.45, 7) is 2.67. The van der Waals surface area contributed by atoms with E-state index in [0.29, 0.717) is 35.0 Å². The highest BCUT2D eigenvalue weighted by Gasteiger charge is 2.13. The molecule has 0 saturated carbocycles. The zero-order chi connectivity index (χ0) is 15.5. The van der Waals surface area contributed by atoms with E-state index in [4.69, 9.17) is 9.47 Å². The van der Waals surface area contributed by atoms with E-state index < -0.39 is 0 Å². The van der Waals surface area contributed by atoms with Gasteiger partial charge in [0.05, 0.1) is 19.9 Å². The van der Waals surface area contributed by atoms with Crippen LogP contribution in [0.15, 0.2) is 24.5 Å². The van der Waals surface area contributed by atoms with Crippen molar-refractivity contribution in [3.05, 3.63) is 24.5 Å². The van der Waals surface area contributed by atoms with Gasteiger partial charge >= 0.3 is 0 Å². The molecular formula is C14H16N6O2. The fourth-order valence-electron chi connectivity index (χ4n) is 2.14. The summed E-state index contributed by atoms with van der Waals surface area (Å²) in [4.78, 5) is 8.47. The Labute approximate surface area is 127 Å². The Kier molecular flexibility index (Phi) is 3.73. The maximum Gasteiger partial charge on any atom is 0.183 e. The lowest BCUT2D eigenvalue weighted by molar-refractivity contribution is 0.405. The van der Waals surface area contributed by atoms with Crippen LogP contribution in [-0.4, -0.2) is 39.2 Å². The minimum absolute atomic E-state index is 0.566. The van der Waals surface area contributed by atoms with E-state index in [2.05, 4.69) is 25.6 Å². The van der Waals surface area contributed by atoms with Gasteiger partial charge in [-0.3, -0.25) is 0 Å². The Hall–Kier alpha value is -2.90. The molecule has 1 aromatic carbocycles. The monoisotopic (exact) mass is 300 g/mol. The number of aromatic nitrogens is 5. The second kappa shape index (κ2) is 5.84. The molecule has 0 unspecified atom stereocenters. The molecule has 114 valence electrons. The molecule has 22 heavy (non-hydrogen) atoms. The van der Waals surface area contributed by atoms with Crippen LogP contribution in [0.4, 0.5) is 11.5 Å². The molecule has 0 aliphatic rings. The minimum atomic E-state index is 0.566. The van der Waals surface area contributed by atoms with E-state index in [1.807, 2.05) is 25.1 Å². The van der Waals surface area contributed by atoms with Crippen molar-refractivity contribution < 1.29 is 9.47 Å². The molecule has 0 atom stereocenters. The molecule has 0 spiro atoms. The fourth-order valence-corrected chi connectivity index (χ4v) is 2.14. The highest BCUT2D eigenvalue weighted by atomic mass is 16.5. The van der Waals surface area contributed by atoms with Gasteiger partial charge in [-0.05, 0) is 19.1 Å². The van der Waals surface area contributed by atoms with Crippen molar-refractivity contribution in [2.45, 2.75) is 13.5 Å². The van der Waals surface area contributed by atoms with Crippen molar-refractivity contribution in [1.29, 1.82) is 0 Å². The van der Waals surface area contributed by atoms with Crippen molar-refractivity contribution in [2.75, 3.05) is 19.5 Å².